The number of pyridine rings is 1. The van der Waals surface area contributed by atoms with Crippen molar-refractivity contribution >= 4 is 33.8 Å². The second-order valence-electron chi connectivity index (χ2n) is 9.19. The van der Waals surface area contributed by atoms with Crippen LogP contribution in [0.3, 0.4) is 0 Å². The van der Waals surface area contributed by atoms with E-state index in [0.717, 1.165) is 29.5 Å². The molecular weight excluding hydrogens is 535 g/mol. The number of aryl methyl sites for hydroxylation is 2. The van der Waals surface area contributed by atoms with Crippen LogP contribution in [0.2, 0.25) is 0 Å². The number of hydrogen-bond donors (Lipinski definition) is 1. The van der Waals surface area contributed by atoms with E-state index in [2.05, 4.69) is 23.7 Å². The molecule has 0 saturated carbocycles. The average molecular weight is 558 g/mol. The third kappa shape index (κ3) is 4.76. The van der Waals surface area contributed by atoms with Gasteiger partial charge in [-0.3, -0.25) is 14.0 Å². The first kappa shape index (κ1) is 26.4. The molecule has 3 heterocycles. The van der Waals surface area contributed by atoms with Crippen LogP contribution in [-0.4, -0.2) is 25.8 Å². The topological polar surface area (TPSA) is 99.5 Å². The van der Waals surface area contributed by atoms with Crippen molar-refractivity contribution < 1.29 is 27.4 Å². The van der Waals surface area contributed by atoms with Crippen LogP contribution in [-0.2, 0) is 7.05 Å². The highest BCUT2D eigenvalue weighted by molar-refractivity contribution is 7.99. The second-order valence-corrected chi connectivity index (χ2v) is 10.3. The lowest BCUT2D eigenvalue weighted by Gasteiger charge is -2.14. The molecule has 0 spiro atoms. The lowest BCUT2D eigenvalue weighted by Crippen LogP contribution is -2.22. The van der Waals surface area contributed by atoms with Crippen molar-refractivity contribution in [1.29, 1.82) is 0 Å². The van der Waals surface area contributed by atoms with E-state index in [4.69, 9.17) is 4.42 Å². The van der Waals surface area contributed by atoms with E-state index >= 15 is 0 Å². The number of aromatic nitrogens is 3. The van der Waals surface area contributed by atoms with Gasteiger partial charge in [0, 0.05) is 11.9 Å². The number of rotatable bonds is 5. The maximum Gasteiger partial charge on any atom is 0.573 e. The number of nitrogens with zero attached hydrogens (tertiary/aromatic N) is 3. The molecular formula is C27H22F3N3O5S. The Kier molecular flexibility index (Phi) is 6.45. The van der Waals surface area contributed by atoms with Gasteiger partial charge in [0.1, 0.15) is 21.7 Å². The molecule has 0 aliphatic rings. The fourth-order valence-corrected chi connectivity index (χ4v) is 5.26. The zero-order chi connectivity index (χ0) is 28.2. The molecule has 1 N–H and O–H groups in total. The first-order chi connectivity index (χ1) is 18.4. The summed E-state index contributed by atoms with van der Waals surface area (Å²) in [5.74, 6) is -0.713. The van der Waals surface area contributed by atoms with Gasteiger partial charge < -0.3 is 14.3 Å². The summed E-state index contributed by atoms with van der Waals surface area (Å²) in [5, 5.41) is 15.6. The minimum absolute atomic E-state index is 0.129. The number of alkyl halides is 3. The van der Waals surface area contributed by atoms with Crippen molar-refractivity contribution in [2.75, 3.05) is 0 Å². The molecule has 202 valence electrons. The van der Waals surface area contributed by atoms with Crippen LogP contribution in [0.25, 0.3) is 27.7 Å². The van der Waals surface area contributed by atoms with Crippen LogP contribution in [0.1, 0.15) is 31.0 Å². The molecule has 0 aliphatic carbocycles. The first-order valence-corrected chi connectivity index (χ1v) is 12.6. The van der Waals surface area contributed by atoms with Crippen LogP contribution >= 0.6 is 11.8 Å². The Morgan fingerprint density at radius 1 is 1.03 bits per heavy atom. The lowest BCUT2D eigenvalue weighted by atomic mass is 10.0. The van der Waals surface area contributed by atoms with Gasteiger partial charge in [0.05, 0.1) is 16.8 Å². The Labute approximate surface area is 223 Å². The van der Waals surface area contributed by atoms with Gasteiger partial charge in [-0.15, -0.1) is 13.2 Å². The molecule has 12 heteroatoms. The van der Waals surface area contributed by atoms with Gasteiger partial charge in [0.25, 0.3) is 5.56 Å². The summed E-state index contributed by atoms with van der Waals surface area (Å²) in [5.41, 5.74) is 0.219. The Morgan fingerprint density at radius 2 is 1.67 bits per heavy atom. The fourth-order valence-electron chi connectivity index (χ4n) is 4.42. The summed E-state index contributed by atoms with van der Waals surface area (Å²) < 4.78 is 50.1. The predicted octanol–water partition coefficient (Wildman–Crippen LogP) is 6.02. The van der Waals surface area contributed by atoms with Crippen molar-refractivity contribution in [3.05, 3.63) is 80.6 Å². The van der Waals surface area contributed by atoms with Gasteiger partial charge >= 0.3 is 12.0 Å². The van der Waals surface area contributed by atoms with Crippen molar-refractivity contribution in [2.45, 2.75) is 42.8 Å². The monoisotopic (exact) mass is 557 g/mol. The number of ether oxygens (including phenoxy) is 1. The highest BCUT2D eigenvalue weighted by atomic mass is 32.2. The fraction of sp³-hybridized carbons (Fsp3) is 0.222. The maximum absolute atomic E-state index is 13.9. The summed E-state index contributed by atoms with van der Waals surface area (Å²) in [6.07, 6.45) is -4.87. The summed E-state index contributed by atoms with van der Waals surface area (Å²) in [7, 11) is 1.57. The van der Waals surface area contributed by atoms with Crippen LogP contribution in [0.4, 0.5) is 13.2 Å². The Bertz CT molecular complexity index is 1840. The molecule has 5 aromatic rings. The minimum atomic E-state index is -4.87. The predicted molar refractivity (Wildman–Crippen MR) is 140 cm³/mol. The van der Waals surface area contributed by atoms with E-state index in [1.165, 1.54) is 21.4 Å². The number of aromatic hydroxyl groups is 1. The molecule has 0 amide bonds. The molecule has 0 aliphatic heterocycles. The maximum atomic E-state index is 13.9. The molecule has 0 fully saturated rings. The van der Waals surface area contributed by atoms with Gasteiger partial charge in [-0.05, 0) is 54.8 Å². The number of benzene rings is 2. The molecule has 3 aromatic heterocycles. The number of fused-ring (bicyclic) bond motifs is 3. The molecule has 39 heavy (non-hydrogen) atoms. The normalized spacial score (nSPS) is 12.1. The Balaban J connectivity index is 1.74. The van der Waals surface area contributed by atoms with Gasteiger partial charge in [0.2, 0.25) is 0 Å². The largest absolute Gasteiger partial charge is 0.573 e. The van der Waals surface area contributed by atoms with Crippen LogP contribution in [0.5, 0.6) is 11.5 Å². The van der Waals surface area contributed by atoms with Crippen molar-refractivity contribution in [2.24, 2.45) is 7.05 Å². The molecule has 8 nitrogen and oxygen atoms in total. The van der Waals surface area contributed by atoms with E-state index in [0.29, 0.717) is 21.9 Å². The Hall–Kier alpha value is -4.19. The molecule has 0 atom stereocenters. The molecule has 2 aromatic carbocycles. The van der Waals surface area contributed by atoms with Crippen LogP contribution < -0.4 is 15.9 Å². The second kappa shape index (κ2) is 9.53. The SMILES string of the molecule is Cc1nn(C)c2c1c1oc(=O)c(Sc3ccc(C(C)C)cc3)c(O)c1c(=O)n2-c1ccc(OC(F)(F)F)cc1. The van der Waals surface area contributed by atoms with E-state index in [1.54, 1.807) is 26.1 Å². The minimum Gasteiger partial charge on any atom is -0.505 e. The van der Waals surface area contributed by atoms with Gasteiger partial charge in [-0.2, -0.15) is 5.10 Å². The number of halogens is 3. The highest BCUT2D eigenvalue weighted by Gasteiger charge is 2.31. The van der Waals surface area contributed by atoms with Crippen LogP contribution in [0, 0.1) is 6.92 Å². The van der Waals surface area contributed by atoms with Crippen molar-refractivity contribution in [3.63, 3.8) is 0 Å². The molecule has 0 unspecified atom stereocenters. The lowest BCUT2D eigenvalue weighted by molar-refractivity contribution is -0.274. The summed E-state index contributed by atoms with van der Waals surface area (Å²) in [4.78, 5) is 27.4. The quantitative estimate of drug-likeness (QED) is 0.282. The van der Waals surface area contributed by atoms with E-state index < -0.39 is 29.0 Å². The summed E-state index contributed by atoms with van der Waals surface area (Å²) >= 11 is 0.960. The van der Waals surface area contributed by atoms with Crippen molar-refractivity contribution in [1.82, 2.24) is 14.3 Å². The van der Waals surface area contributed by atoms with Crippen molar-refractivity contribution in [3.8, 4) is 17.2 Å². The third-order valence-electron chi connectivity index (χ3n) is 6.20. The third-order valence-corrected chi connectivity index (χ3v) is 7.27. The van der Waals surface area contributed by atoms with Gasteiger partial charge in [0.15, 0.2) is 11.3 Å². The zero-order valence-corrected chi connectivity index (χ0v) is 22.0. The summed E-state index contributed by atoms with van der Waals surface area (Å²) in [6, 6.07) is 12.1. The number of hydrogen-bond acceptors (Lipinski definition) is 7. The average Bonchev–Trinajstić information content (AvgIpc) is 3.15. The summed E-state index contributed by atoms with van der Waals surface area (Å²) in [6.45, 7) is 5.75. The Morgan fingerprint density at radius 3 is 2.26 bits per heavy atom. The molecule has 0 saturated heterocycles. The zero-order valence-electron chi connectivity index (χ0n) is 21.2. The van der Waals surface area contributed by atoms with Crippen LogP contribution in [0.15, 0.2) is 72.3 Å². The standard InChI is InChI=1S/C27H22F3N3O5S/c1-13(2)15-5-11-18(12-6-15)39-23-21(34)20-22(37-26(23)36)19-14(3)31-32(4)24(19)33(25(20)35)16-7-9-17(10-8-16)38-27(28,29)30/h5-13,34H,1-4H3. The molecule has 0 radical (unpaired) electrons. The smallest absolute Gasteiger partial charge is 0.505 e. The first-order valence-electron chi connectivity index (χ1n) is 11.8. The molecule has 5 rings (SSSR count). The van der Waals surface area contributed by atoms with E-state index in [1.807, 2.05) is 12.1 Å². The van der Waals surface area contributed by atoms with E-state index in [-0.39, 0.29) is 27.2 Å². The molecule has 0 bridgehead atoms. The highest BCUT2D eigenvalue weighted by Crippen LogP contribution is 2.38. The van der Waals surface area contributed by atoms with Gasteiger partial charge in [-0.1, -0.05) is 37.7 Å². The van der Waals surface area contributed by atoms with Gasteiger partial charge in [-0.25, -0.2) is 4.79 Å². The van der Waals surface area contributed by atoms with E-state index in [9.17, 15) is 27.9 Å².